The summed E-state index contributed by atoms with van der Waals surface area (Å²) < 4.78 is 5.45. The predicted molar refractivity (Wildman–Crippen MR) is 73.8 cm³/mol. The summed E-state index contributed by atoms with van der Waals surface area (Å²) in [5.74, 6) is -0.904. The lowest BCUT2D eigenvalue weighted by Gasteiger charge is -2.14. The summed E-state index contributed by atoms with van der Waals surface area (Å²) in [5.41, 5.74) is -0.455. The molecule has 1 amide bonds. The van der Waals surface area contributed by atoms with Crippen LogP contribution >= 0.6 is 11.6 Å². The number of benzene rings is 1. The maximum atomic E-state index is 11.9. The van der Waals surface area contributed by atoms with Gasteiger partial charge in [0, 0.05) is 17.1 Å². The minimum atomic E-state index is -1.22. The standard InChI is InChI=1S/C14H16ClNO4/c1-2-20-11-7-10(15)4-3-9(11)8-16-12(17)14(5-6-14)13(18)19/h3-4,7H,2,5-6,8H2,1H3,(H,16,17)(H,18,19). The van der Waals surface area contributed by atoms with Gasteiger partial charge in [-0.25, -0.2) is 0 Å². The van der Waals surface area contributed by atoms with Crippen LogP contribution in [0.4, 0.5) is 0 Å². The second-order valence-corrected chi connectivity index (χ2v) is 5.19. The molecule has 2 N–H and O–H groups in total. The number of hydrogen-bond donors (Lipinski definition) is 2. The molecule has 1 aliphatic rings. The third-order valence-electron chi connectivity index (χ3n) is 3.36. The molecule has 0 radical (unpaired) electrons. The Morgan fingerprint density at radius 2 is 2.15 bits per heavy atom. The number of rotatable bonds is 6. The molecule has 1 aliphatic carbocycles. The van der Waals surface area contributed by atoms with Crippen molar-refractivity contribution in [3.63, 3.8) is 0 Å². The van der Waals surface area contributed by atoms with Crippen LogP contribution in [-0.4, -0.2) is 23.6 Å². The van der Waals surface area contributed by atoms with E-state index >= 15 is 0 Å². The zero-order valence-electron chi connectivity index (χ0n) is 11.1. The number of aliphatic carboxylic acids is 1. The van der Waals surface area contributed by atoms with Gasteiger partial charge in [0.25, 0.3) is 0 Å². The molecule has 0 atom stereocenters. The first-order valence-corrected chi connectivity index (χ1v) is 6.80. The fraction of sp³-hybridized carbons (Fsp3) is 0.429. The van der Waals surface area contributed by atoms with Gasteiger partial charge in [-0.3, -0.25) is 9.59 Å². The lowest BCUT2D eigenvalue weighted by atomic mass is 10.1. The van der Waals surface area contributed by atoms with Crippen molar-refractivity contribution in [1.29, 1.82) is 0 Å². The van der Waals surface area contributed by atoms with Crippen molar-refractivity contribution in [2.75, 3.05) is 6.61 Å². The Bertz CT molecular complexity index is 540. The first-order valence-electron chi connectivity index (χ1n) is 6.42. The molecule has 5 nitrogen and oxygen atoms in total. The minimum absolute atomic E-state index is 0.223. The Balaban J connectivity index is 2.04. The zero-order chi connectivity index (χ0) is 14.8. The van der Waals surface area contributed by atoms with Crippen molar-refractivity contribution in [2.24, 2.45) is 5.41 Å². The molecule has 1 fully saturated rings. The molecule has 1 aromatic rings. The number of amides is 1. The number of halogens is 1. The molecule has 20 heavy (non-hydrogen) atoms. The molecule has 2 rings (SSSR count). The Morgan fingerprint density at radius 3 is 2.70 bits per heavy atom. The fourth-order valence-electron chi connectivity index (χ4n) is 1.97. The van der Waals surface area contributed by atoms with Gasteiger partial charge in [-0.1, -0.05) is 17.7 Å². The van der Waals surface area contributed by atoms with E-state index in [2.05, 4.69) is 5.32 Å². The number of carbonyl (C=O) groups is 2. The summed E-state index contributed by atoms with van der Waals surface area (Å²) in [7, 11) is 0. The molecule has 108 valence electrons. The van der Waals surface area contributed by atoms with Gasteiger partial charge >= 0.3 is 5.97 Å². The van der Waals surface area contributed by atoms with Gasteiger partial charge in [0.05, 0.1) is 6.61 Å². The number of ether oxygens (including phenoxy) is 1. The number of carbonyl (C=O) groups excluding carboxylic acids is 1. The molecule has 0 aliphatic heterocycles. The molecular formula is C14H16ClNO4. The molecular weight excluding hydrogens is 282 g/mol. The topological polar surface area (TPSA) is 75.6 Å². The highest BCUT2D eigenvalue weighted by Crippen LogP contribution is 2.46. The molecule has 1 saturated carbocycles. The highest BCUT2D eigenvalue weighted by Gasteiger charge is 2.56. The summed E-state index contributed by atoms with van der Waals surface area (Å²) in [6.07, 6.45) is 0.792. The first-order chi connectivity index (χ1) is 9.49. The third-order valence-corrected chi connectivity index (χ3v) is 3.60. The van der Waals surface area contributed by atoms with Crippen molar-refractivity contribution >= 4 is 23.5 Å². The molecule has 0 aromatic heterocycles. The maximum absolute atomic E-state index is 11.9. The summed E-state index contributed by atoms with van der Waals surface area (Å²) in [6.45, 7) is 2.56. The Hall–Kier alpha value is -1.75. The van der Waals surface area contributed by atoms with Gasteiger partial charge in [0.15, 0.2) is 0 Å². The molecule has 0 heterocycles. The second-order valence-electron chi connectivity index (χ2n) is 4.75. The van der Waals surface area contributed by atoms with Crippen LogP contribution in [0.1, 0.15) is 25.3 Å². The van der Waals surface area contributed by atoms with Crippen molar-refractivity contribution in [3.05, 3.63) is 28.8 Å². The summed E-state index contributed by atoms with van der Waals surface area (Å²) in [4.78, 5) is 23.0. The highest BCUT2D eigenvalue weighted by atomic mass is 35.5. The number of carboxylic acids is 1. The van der Waals surface area contributed by atoms with Crippen LogP contribution in [0.2, 0.25) is 5.02 Å². The summed E-state index contributed by atoms with van der Waals surface area (Å²) >= 11 is 5.89. The van der Waals surface area contributed by atoms with Crippen LogP contribution in [0.3, 0.4) is 0 Å². The quantitative estimate of drug-likeness (QED) is 0.790. The van der Waals surface area contributed by atoms with E-state index in [4.69, 9.17) is 21.4 Å². The van der Waals surface area contributed by atoms with Crippen molar-refractivity contribution < 1.29 is 19.4 Å². The maximum Gasteiger partial charge on any atom is 0.319 e. The van der Waals surface area contributed by atoms with Crippen LogP contribution in [0.25, 0.3) is 0 Å². The van der Waals surface area contributed by atoms with Crippen LogP contribution in [-0.2, 0) is 16.1 Å². The van der Waals surface area contributed by atoms with E-state index in [0.29, 0.717) is 30.2 Å². The van der Waals surface area contributed by atoms with Crippen molar-refractivity contribution in [2.45, 2.75) is 26.3 Å². The van der Waals surface area contributed by atoms with Crippen LogP contribution in [0.5, 0.6) is 5.75 Å². The van der Waals surface area contributed by atoms with E-state index in [1.54, 1.807) is 18.2 Å². The predicted octanol–water partition coefficient (Wildman–Crippen LogP) is 2.22. The SMILES string of the molecule is CCOc1cc(Cl)ccc1CNC(=O)C1(C(=O)O)CC1. The van der Waals surface area contributed by atoms with Crippen LogP contribution in [0.15, 0.2) is 18.2 Å². The monoisotopic (exact) mass is 297 g/mol. The van der Waals surface area contributed by atoms with Gasteiger partial charge < -0.3 is 15.2 Å². The third kappa shape index (κ3) is 2.88. The number of nitrogens with one attached hydrogen (secondary N) is 1. The molecule has 0 saturated heterocycles. The molecule has 1 aromatic carbocycles. The summed E-state index contributed by atoms with van der Waals surface area (Å²) in [5, 5.41) is 12.3. The van der Waals surface area contributed by atoms with Gasteiger partial charge in [0.2, 0.25) is 5.91 Å². The van der Waals surface area contributed by atoms with Gasteiger partial charge in [-0.15, -0.1) is 0 Å². The smallest absolute Gasteiger partial charge is 0.319 e. The highest BCUT2D eigenvalue weighted by molar-refractivity contribution is 6.30. The van der Waals surface area contributed by atoms with Crippen molar-refractivity contribution in [1.82, 2.24) is 5.32 Å². The van der Waals surface area contributed by atoms with E-state index in [9.17, 15) is 9.59 Å². The number of carboxylic acid groups (broad SMARTS) is 1. The Morgan fingerprint density at radius 1 is 1.45 bits per heavy atom. The van der Waals surface area contributed by atoms with E-state index < -0.39 is 17.3 Å². The molecule has 0 bridgehead atoms. The van der Waals surface area contributed by atoms with Gasteiger partial charge in [-0.05, 0) is 31.9 Å². The van der Waals surface area contributed by atoms with E-state index in [1.807, 2.05) is 6.92 Å². The average Bonchev–Trinajstić information content (AvgIpc) is 3.19. The van der Waals surface area contributed by atoms with Gasteiger partial charge in [-0.2, -0.15) is 0 Å². The minimum Gasteiger partial charge on any atom is -0.493 e. The first kappa shape index (κ1) is 14.7. The zero-order valence-corrected chi connectivity index (χ0v) is 11.9. The van der Waals surface area contributed by atoms with E-state index in [0.717, 1.165) is 5.56 Å². The summed E-state index contributed by atoms with van der Waals surface area (Å²) in [6, 6.07) is 5.14. The van der Waals surface area contributed by atoms with Gasteiger partial charge in [0.1, 0.15) is 11.2 Å². The van der Waals surface area contributed by atoms with Crippen molar-refractivity contribution in [3.8, 4) is 5.75 Å². The number of hydrogen-bond acceptors (Lipinski definition) is 3. The largest absolute Gasteiger partial charge is 0.493 e. The molecule has 0 unspecified atom stereocenters. The normalized spacial score (nSPS) is 15.5. The Labute approximate surface area is 121 Å². The van der Waals surface area contributed by atoms with E-state index in [1.165, 1.54) is 0 Å². The molecule has 0 spiro atoms. The lowest BCUT2D eigenvalue weighted by molar-refractivity contribution is -0.149. The average molecular weight is 298 g/mol. The molecule has 6 heteroatoms. The van der Waals surface area contributed by atoms with Crippen LogP contribution < -0.4 is 10.1 Å². The Kier molecular flexibility index (Phi) is 4.18. The van der Waals surface area contributed by atoms with E-state index in [-0.39, 0.29) is 6.54 Å². The second kappa shape index (κ2) is 5.71. The lowest BCUT2D eigenvalue weighted by Crippen LogP contribution is -2.36. The van der Waals surface area contributed by atoms with Crippen LogP contribution in [0, 0.1) is 5.41 Å². The fourth-order valence-corrected chi connectivity index (χ4v) is 2.13.